The maximum absolute atomic E-state index is 12.9. The highest BCUT2D eigenvalue weighted by Crippen LogP contribution is 2.51. The Kier molecular flexibility index (Phi) is 5.96. The Morgan fingerprint density at radius 2 is 1.96 bits per heavy atom. The summed E-state index contributed by atoms with van der Waals surface area (Å²) in [6, 6.07) is 8.32. The number of rotatable bonds is 8. The normalized spacial score (nSPS) is 20.8. The van der Waals surface area contributed by atoms with Gasteiger partial charge in [0.2, 0.25) is 5.91 Å². The van der Waals surface area contributed by atoms with Gasteiger partial charge in [0.1, 0.15) is 0 Å². The Hall–Kier alpha value is -1.40. The summed E-state index contributed by atoms with van der Waals surface area (Å²) in [4.78, 5) is 14.7. The Labute approximate surface area is 166 Å². The first-order valence-electron chi connectivity index (χ1n) is 9.62. The molecule has 1 aromatic heterocycles. The average molecular weight is 408 g/mol. The lowest BCUT2D eigenvalue weighted by molar-refractivity contribution is -0.132. The second kappa shape index (κ2) is 7.92. The summed E-state index contributed by atoms with van der Waals surface area (Å²) in [6.45, 7) is 5.99. The highest BCUT2D eigenvalue weighted by atomic mass is 32.2. The van der Waals surface area contributed by atoms with E-state index < -0.39 is 9.84 Å². The van der Waals surface area contributed by atoms with Gasteiger partial charge in [-0.15, -0.1) is 11.3 Å². The summed E-state index contributed by atoms with van der Waals surface area (Å²) < 4.78 is 25.6. The predicted molar refractivity (Wildman–Crippen MR) is 113 cm³/mol. The summed E-state index contributed by atoms with van der Waals surface area (Å²) in [6.07, 6.45) is 1.17. The van der Waals surface area contributed by atoms with Crippen LogP contribution in [-0.2, 0) is 14.6 Å². The summed E-state index contributed by atoms with van der Waals surface area (Å²) in [5, 5.41) is 3.37. The molecule has 3 rings (SSSR count). The molecule has 1 aliphatic rings. The quantitative estimate of drug-likeness (QED) is 0.646. The standard InChI is InChI=1S/C21H29NO3S2/c1-14(2)13-27(24,25)10-9-20(23)22(4)21(17-11-15(17)3)18-12-26-19-8-6-5-7-16(18)19/h5-8,12,14-15,17,21H,9-11,13H2,1-4H3. The van der Waals surface area contributed by atoms with Crippen LogP contribution in [0, 0.1) is 17.8 Å². The first kappa shape index (κ1) is 20.3. The molecule has 6 heteroatoms. The zero-order chi connectivity index (χ0) is 19.8. The van der Waals surface area contributed by atoms with Gasteiger partial charge in [0.15, 0.2) is 9.84 Å². The number of carbonyl (C=O) groups is 1. The zero-order valence-electron chi connectivity index (χ0n) is 16.5. The lowest BCUT2D eigenvalue weighted by Gasteiger charge is -2.29. The van der Waals surface area contributed by atoms with Crippen molar-refractivity contribution in [1.82, 2.24) is 4.90 Å². The van der Waals surface area contributed by atoms with E-state index in [-0.39, 0.29) is 35.8 Å². The van der Waals surface area contributed by atoms with Crippen LogP contribution >= 0.6 is 11.3 Å². The van der Waals surface area contributed by atoms with E-state index in [1.165, 1.54) is 15.6 Å². The zero-order valence-corrected chi connectivity index (χ0v) is 18.1. The van der Waals surface area contributed by atoms with Crippen molar-refractivity contribution in [2.45, 2.75) is 39.7 Å². The molecule has 3 unspecified atom stereocenters. The highest BCUT2D eigenvalue weighted by Gasteiger charge is 2.44. The number of benzene rings is 1. The molecular formula is C21H29NO3S2. The second-order valence-electron chi connectivity index (χ2n) is 8.27. The van der Waals surface area contributed by atoms with Gasteiger partial charge in [0, 0.05) is 18.2 Å². The summed E-state index contributed by atoms with van der Waals surface area (Å²) in [5.74, 6) is 1.12. The molecule has 1 fully saturated rings. The smallest absolute Gasteiger partial charge is 0.223 e. The SMILES string of the molecule is CC(C)CS(=O)(=O)CCC(=O)N(C)C(c1csc2ccccc12)C1CC1C. The molecule has 0 N–H and O–H groups in total. The fourth-order valence-corrected chi connectivity index (χ4v) is 6.57. The molecule has 4 nitrogen and oxygen atoms in total. The number of sulfone groups is 1. The van der Waals surface area contributed by atoms with Crippen LogP contribution in [0.15, 0.2) is 29.6 Å². The largest absolute Gasteiger partial charge is 0.338 e. The van der Waals surface area contributed by atoms with E-state index in [1.54, 1.807) is 16.2 Å². The van der Waals surface area contributed by atoms with Crippen molar-refractivity contribution in [3.8, 4) is 0 Å². The van der Waals surface area contributed by atoms with Gasteiger partial charge in [0.05, 0.1) is 17.5 Å². The van der Waals surface area contributed by atoms with E-state index >= 15 is 0 Å². The van der Waals surface area contributed by atoms with Gasteiger partial charge in [0.25, 0.3) is 0 Å². The van der Waals surface area contributed by atoms with Crippen LogP contribution in [0.1, 0.15) is 45.2 Å². The number of amides is 1. The Bertz CT molecular complexity index is 916. The van der Waals surface area contributed by atoms with E-state index in [0.29, 0.717) is 11.8 Å². The van der Waals surface area contributed by atoms with Gasteiger partial charge in [-0.2, -0.15) is 0 Å². The average Bonchev–Trinajstić information content (AvgIpc) is 3.15. The Morgan fingerprint density at radius 1 is 1.30 bits per heavy atom. The molecule has 0 saturated heterocycles. The summed E-state index contributed by atoms with van der Waals surface area (Å²) >= 11 is 1.71. The third-order valence-corrected chi connectivity index (χ3v) is 8.41. The van der Waals surface area contributed by atoms with E-state index in [4.69, 9.17) is 0 Å². The van der Waals surface area contributed by atoms with Crippen LogP contribution in [0.2, 0.25) is 0 Å². The van der Waals surface area contributed by atoms with Crippen molar-refractivity contribution in [3.63, 3.8) is 0 Å². The molecule has 0 spiro atoms. The first-order valence-corrected chi connectivity index (χ1v) is 12.3. The van der Waals surface area contributed by atoms with Crippen LogP contribution < -0.4 is 0 Å². The fourth-order valence-electron chi connectivity index (χ4n) is 3.91. The third-order valence-electron chi connectivity index (χ3n) is 5.43. The molecule has 1 aliphatic carbocycles. The van der Waals surface area contributed by atoms with E-state index in [9.17, 15) is 13.2 Å². The minimum absolute atomic E-state index is 0.0245. The van der Waals surface area contributed by atoms with Crippen molar-refractivity contribution in [3.05, 3.63) is 35.2 Å². The molecule has 0 bridgehead atoms. The third kappa shape index (κ3) is 4.72. The Morgan fingerprint density at radius 3 is 2.59 bits per heavy atom. The van der Waals surface area contributed by atoms with Gasteiger partial charge >= 0.3 is 0 Å². The van der Waals surface area contributed by atoms with Crippen molar-refractivity contribution in [2.24, 2.45) is 17.8 Å². The molecule has 27 heavy (non-hydrogen) atoms. The van der Waals surface area contributed by atoms with Crippen LogP contribution in [0.3, 0.4) is 0 Å². The molecule has 1 aromatic carbocycles. The van der Waals surface area contributed by atoms with E-state index in [2.05, 4.69) is 24.4 Å². The minimum atomic E-state index is -3.18. The predicted octanol–water partition coefficient (Wildman–Crippen LogP) is 4.52. The molecule has 1 saturated carbocycles. The molecule has 1 amide bonds. The molecular weight excluding hydrogens is 378 g/mol. The lowest BCUT2D eigenvalue weighted by Crippen LogP contribution is -2.34. The number of carbonyl (C=O) groups excluding carboxylic acids is 1. The molecule has 2 aromatic rings. The maximum atomic E-state index is 12.9. The van der Waals surface area contributed by atoms with Gasteiger partial charge in [-0.1, -0.05) is 39.0 Å². The summed E-state index contributed by atoms with van der Waals surface area (Å²) in [5.41, 5.74) is 1.20. The first-order chi connectivity index (χ1) is 12.7. The van der Waals surface area contributed by atoms with Crippen LogP contribution in [0.5, 0.6) is 0 Å². The van der Waals surface area contributed by atoms with Crippen LogP contribution in [0.25, 0.3) is 10.1 Å². The van der Waals surface area contributed by atoms with Gasteiger partial charge in [-0.3, -0.25) is 4.79 Å². The van der Waals surface area contributed by atoms with Crippen molar-refractivity contribution in [2.75, 3.05) is 18.6 Å². The molecule has 1 heterocycles. The van der Waals surface area contributed by atoms with E-state index in [1.807, 2.05) is 33.0 Å². The molecule has 3 atom stereocenters. The van der Waals surface area contributed by atoms with Crippen LogP contribution in [0.4, 0.5) is 0 Å². The second-order valence-corrected chi connectivity index (χ2v) is 11.4. The monoisotopic (exact) mass is 407 g/mol. The highest BCUT2D eigenvalue weighted by molar-refractivity contribution is 7.91. The fraction of sp³-hybridized carbons (Fsp3) is 0.571. The number of hydrogen-bond donors (Lipinski definition) is 0. The van der Waals surface area contributed by atoms with Crippen molar-refractivity contribution in [1.29, 1.82) is 0 Å². The summed E-state index contributed by atoms with van der Waals surface area (Å²) in [7, 11) is -1.35. The maximum Gasteiger partial charge on any atom is 0.223 e. The number of thiophene rings is 1. The number of hydrogen-bond acceptors (Lipinski definition) is 4. The van der Waals surface area contributed by atoms with Gasteiger partial charge < -0.3 is 4.90 Å². The van der Waals surface area contributed by atoms with E-state index in [0.717, 1.165) is 6.42 Å². The van der Waals surface area contributed by atoms with Crippen LogP contribution in [-0.4, -0.2) is 37.8 Å². The molecule has 0 aliphatic heterocycles. The molecule has 0 radical (unpaired) electrons. The number of nitrogens with zero attached hydrogens (tertiary/aromatic N) is 1. The number of fused-ring (bicyclic) bond motifs is 1. The lowest BCUT2D eigenvalue weighted by atomic mass is 9.98. The van der Waals surface area contributed by atoms with Crippen molar-refractivity contribution < 1.29 is 13.2 Å². The van der Waals surface area contributed by atoms with Crippen molar-refractivity contribution >= 4 is 37.2 Å². The molecule has 148 valence electrons. The van der Waals surface area contributed by atoms with Gasteiger partial charge in [-0.25, -0.2) is 8.42 Å². The Balaban J connectivity index is 1.78. The topological polar surface area (TPSA) is 54.5 Å². The van der Waals surface area contributed by atoms with Gasteiger partial charge in [-0.05, 0) is 46.6 Å². The minimum Gasteiger partial charge on any atom is -0.338 e.